The zero-order chi connectivity index (χ0) is 24.3. The number of allylic oxidation sites excluding steroid dienone is 5. The van der Waals surface area contributed by atoms with Gasteiger partial charge < -0.3 is 19.3 Å². The second kappa shape index (κ2) is 8.09. The lowest BCUT2D eigenvalue weighted by atomic mass is 9.71. The van der Waals surface area contributed by atoms with Crippen LogP contribution in [0.1, 0.15) is 44.7 Å². The highest BCUT2D eigenvalue weighted by atomic mass is 16.5. The van der Waals surface area contributed by atoms with E-state index in [-0.39, 0.29) is 5.92 Å². The summed E-state index contributed by atoms with van der Waals surface area (Å²) in [6.07, 6.45) is 9.26. The van der Waals surface area contributed by atoms with Gasteiger partial charge in [-0.2, -0.15) is 0 Å². The maximum absolute atomic E-state index is 12.7. The molecule has 6 rings (SSSR count). The van der Waals surface area contributed by atoms with E-state index in [9.17, 15) is 9.90 Å². The van der Waals surface area contributed by atoms with E-state index in [1.165, 1.54) is 5.56 Å². The van der Waals surface area contributed by atoms with Crippen LogP contribution in [0, 0.1) is 5.92 Å². The van der Waals surface area contributed by atoms with E-state index in [0.29, 0.717) is 19.6 Å². The molecule has 2 aliphatic heterocycles. The van der Waals surface area contributed by atoms with Gasteiger partial charge in [-0.25, -0.2) is 4.79 Å². The van der Waals surface area contributed by atoms with Crippen molar-refractivity contribution in [2.24, 2.45) is 5.92 Å². The molecule has 4 aliphatic rings. The van der Waals surface area contributed by atoms with Gasteiger partial charge in [0.15, 0.2) is 6.10 Å². The Morgan fingerprint density at radius 1 is 1.17 bits per heavy atom. The molecule has 0 radical (unpaired) electrons. The van der Waals surface area contributed by atoms with Gasteiger partial charge in [-0.3, -0.25) is 4.98 Å². The quantitative estimate of drug-likeness (QED) is 0.645. The molecule has 0 fully saturated rings. The van der Waals surface area contributed by atoms with Gasteiger partial charge in [0, 0.05) is 52.6 Å². The summed E-state index contributed by atoms with van der Waals surface area (Å²) in [4.78, 5) is 17.6. The van der Waals surface area contributed by atoms with Gasteiger partial charge in [0.1, 0.15) is 11.5 Å². The SMILES string of the molecule is CC(C)(C)OC(C(=O)O)C1=C(c2ccc3c4c(ccnc24)CCO3)C2CC=CC=C2C2=C1CCO2. The van der Waals surface area contributed by atoms with Crippen molar-refractivity contribution in [3.8, 4) is 5.75 Å². The van der Waals surface area contributed by atoms with Crippen molar-refractivity contribution in [3.05, 3.63) is 76.2 Å². The number of carbonyl (C=O) groups is 1. The van der Waals surface area contributed by atoms with Crippen LogP contribution in [0.15, 0.2) is 65.1 Å². The van der Waals surface area contributed by atoms with Crippen molar-refractivity contribution < 1.29 is 24.1 Å². The van der Waals surface area contributed by atoms with E-state index in [2.05, 4.69) is 24.3 Å². The Kier molecular flexibility index (Phi) is 5.11. The second-order valence-electron chi connectivity index (χ2n) is 10.4. The first-order valence-electron chi connectivity index (χ1n) is 12.3. The van der Waals surface area contributed by atoms with Crippen LogP contribution in [0.3, 0.4) is 0 Å². The summed E-state index contributed by atoms with van der Waals surface area (Å²) in [6.45, 7) is 6.86. The van der Waals surface area contributed by atoms with Crippen molar-refractivity contribution in [2.45, 2.75) is 51.7 Å². The highest BCUT2D eigenvalue weighted by Gasteiger charge is 2.43. The molecule has 1 aromatic carbocycles. The molecule has 1 aromatic heterocycles. The number of nitrogens with zero attached hydrogens (tertiary/aromatic N) is 1. The smallest absolute Gasteiger partial charge is 0.337 e. The van der Waals surface area contributed by atoms with Crippen LogP contribution < -0.4 is 4.74 Å². The Morgan fingerprint density at radius 2 is 2.00 bits per heavy atom. The molecule has 1 N–H and O–H groups in total. The van der Waals surface area contributed by atoms with Crippen LogP contribution >= 0.6 is 0 Å². The summed E-state index contributed by atoms with van der Waals surface area (Å²) < 4.78 is 18.3. The molecule has 6 nitrogen and oxygen atoms in total. The van der Waals surface area contributed by atoms with Crippen molar-refractivity contribution in [3.63, 3.8) is 0 Å². The van der Waals surface area contributed by atoms with Gasteiger partial charge >= 0.3 is 5.97 Å². The maximum atomic E-state index is 12.7. The fraction of sp³-hybridized carbons (Fsp3) is 0.379. The molecule has 2 unspecified atom stereocenters. The number of rotatable bonds is 4. The molecule has 0 spiro atoms. The summed E-state index contributed by atoms with van der Waals surface area (Å²) in [5.41, 5.74) is 6.10. The monoisotopic (exact) mass is 471 g/mol. The van der Waals surface area contributed by atoms with E-state index in [1.54, 1.807) is 0 Å². The molecule has 0 amide bonds. The summed E-state index contributed by atoms with van der Waals surface area (Å²) >= 11 is 0. The van der Waals surface area contributed by atoms with Crippen molar-refractivity contribution >= 4 is 22.4 Å². The number of aliphatic carboxylic acids is 1. The largest absolute Gasteiger partial charge is 0.493 e. The third kappa shape index (κ3) is 3.59. The number of benzene rings is 1. The molecule has 2 aromatic rings. The molecular formula is C29H29NO5. The molecule has 6 heteroatoms. The molecule has 2 aliphatic carbocycles. The number of carboxylic acid groups (broad SMARTS) is 1. The topological polar surface area (TPSA) is 77.9 Å². The first-order valence-corrected chi connectivity index (χ1v) is 12.3. The highest BCUT2D eigenvalue weighted by Crippen LogP contribution is 2.52. The zero-order valence-corrected chi connectivity index (χ0v) is 20.3. The minimum Gasteiger partial charge on any atom is -0.493 e. The fourth-order valence-corrected chi connectivity index (χ4v) is 5.80. The molecule has 0 bridgehead atoms. The predicted molar refractivity (Wildman–Crippen MR) is 133 cm³/mol. The van der Waals surface area contributed by atoms with E-state index >= 15 is 0 Å². The Labute approximate surface area is 204 Å². The normalized spacial score (nSPS) is 21.8. The number of ether oxygens (including phenoxy) is 3. The molecule has 2 atom stereocenters. The van der Waals surface area contributed by atoms with Gasteiger partial charge in [-0.05, 0) is 56.5 Å². The highest BCUT2D eigenvalue weighted by molar-refractivity contribution is 6.01. The van der Waals surface area contributed by atoms with Crippen molar-refractivity contribution in [1.82, 2.24) is 4.98 Å². The molecule has 180 valence electrons. The van der Waals surface area contributed by atoms with E-state index in [4.69, 9.17) is 19.2 Å². The lowest BCUT2D eigenvalue weighted by Crippen LogP contribution is -2.37. The summed E-state index contributed by atoms with van der Waals surface area (Å²) in [7, 11) is 0. The molecule has 35 heavy (non-hydrogen) atoms. The molecule has 3 heterocycles. The second-order valence-corrected chi connectivity index (χ2v) is 10.4. The fourth-order valence-electron chi connectivity index (χ4n) is 5.80. The number of hydrogen-bond donors (Lipinski definition) is 1. The summed E-state index contributed by atoms with van der Waals surface area (Å²) in [5, 5.41) is 11.5. The van der Waals surface area contributed by atoms with Gasteiger partial charge in [-0.1, -0.05) is 18.2 Å². The first-order chi connectivity index (χ1) is 16.8. The number of carboxylic acids is 1. The number of pyridine rings is 1. The van der Waals surface area contributed by atoms with Gasteiger partial charge in [0.25, 0.3) is 0 Å². The van der Waals surface area contributed by atoms with Crippen LogP contribution in [0.2, 0.25) is 0 Å². The lowest BCUT2D eigenvalue weighted by molar-refractivity contribution is -0.155. The minimum atomic E-state index is -1.12. The zero-order valence-electron chi connectivity index (χ0n) is 20.3. The predicted octanol–water partition coefficient (Wildman–Crippen LogP) is 5.38. The molecule has 0 saturated heterocycles. The number of hydrogen-bond acceptors (Lipinski definition) is 5. The third-order valence-corrected chi connectivity index (χ3v) is 7.07. The van der Waals surface area contributed by atoms with Crippen LogP contribution in [0.5, 0.6) is 5.75 Å². The van der Waals surface area contributed by atoms with E-state index < -0.39 is 17.7 Å². The Bertz CT molecular complexity index is 1360. The van der Waals surface area contributed by atoms with Crippen LogP contribution in [-0.4, -0.2) is 41.0 Å². The number of fused-ring (bicyclic) bond motifs is 2. The van der Waals surface area contributed by atoms with Crippen molar-refractivity contribution in [1.29, 1.82) is 0 Å². The Morgan fingerprint density at radius 3 is 2.80 bits per heavy atom. The van der Waals surface area contributed by atoms with Crippen LogP contribution in [0.4, 0.5) is 0 Å². The average Bonchev–Trinajstić information content (AvgIpc) is 3.32. The average molecular weight is 472 g/mol. The lowest BCUT2D eigenvalue weighted by Gasteiger charge is -2.36. The van der Waals surface area contributed by atoms with Gasteiger partial charge in [-0.15, -0.1) is 0 Å². The van der Waals surface area contributed by atoms with E-state index in [0.717, 1.165) is 63.1 Å². The first kappa shape index (κ1) is 22.1. The van der Waals surface area contributed by atoms with Crippen molar-refractivity contribution in [2.75, 3.05) is 13.2 Å². The third-order valence-electron chi connectivity index (χ3n) is 7.07. The Balaban J connectivity index is 1.69. The van der Waals surface area contributed by atoms with Gasteiger partial charge in [0.05, 0.1) is 24.3 Å². The van der Waals surface area contributed by atoms with Crippen LogP contribution in [0.25, 0.3) is 16.5 Å². The molecular weight excluding hydrogens is 442 g/mol. The van der Waals surface area contributed by atoms with Gasteiger partial charge in [0.2, 0.25) is 0 Å². The minimum absolute atomic E-state index is 0.0411. The molecule has 0 saturated carbocycles. The Hall–Kier alpha value is -3.38. The standard InChI is InChI=1S/C29H29NO5/c1-29(2,3)35-27(28(31)32)24-20-12-15-34-26(20)18-7-5-4-6-17(18)23(24)19-8-9-21-22-16(11-14-33-21)10-13-30-25(19)22/h4-5,7-10,13,17,27H,6,11-12,14-15H2,1-3H3,(H,31,32). The number of aromatic nitrogens is 1. The summed E-state index contributed by atoms with van der Waals surface area (Å²) in [6, 6.07) is 6.10. The van der Waals surface area contributed by atoms with Crippen LogP contribution in [-0.2, 0) is 20.7 Å². The maximum Gasteiger partial charge on any atom is 0.337 e. The van der Waals surface area contributed by atoms with E-state index in [1.807, 2.05) is 39.1 Å². The summed E-state index contributed by atoms with van der Waals surface area (Å²) in [5.74, 6) is 0.616.